The standard InChI is InChI=1S/C13H13ClN4/c14-10-7-9(13(15)16)3-4-12(10)18-6-5-11(17-18)8-1-2-8/h3-8H,1-2H2,(H3,15,16). The van der Waals surface area contributed by atoms with Crippen LogP contribution in [0, 0.1) is 5.41 Å². The van der Waals surface area contributed by atoms with Gasteiger partial charge in [0.25, 0.3) is 0 Å². The third-order valence-electron chi connectivity index (χ3n) is 3.11. The Balaban J connectivity index is 1.97. The molecule has 4 nitrogen and oxygen atoms in total. The highest BCUT2D eigenvalue weighted by molar-refractivity contribution is 6.32. The van der Waals surface area contributed by atoms with Gasteiger partial charge in [-0.3, -0.25) is 5.41 Å². The molecule has 1 aromatic heterocycles. The zero-order valence-electron chi connectivity index (χ0n) is 9.73. The molecule has 18 heavy (non-hydrogen) atoms. The molecular formula is C13H13ClN4. The minimum absolute atomic E-state index is 0.0163. The van der Waals surface area contributed by atoms with Gasteiger partial charge in [0.15, 0.2) is 0 Å². The van der Waals surface area contributed by atoms with Crippen LogP contribution < -0.4 is 5.73 Å². The molecule has 1 fully saturated rings. The number of nitrogen functional groups attached to an aromatic ring is 1. The minimum Gasteiger partial charge on any atom is -0.384 e. The summed E-state index contributed by atoms with van der Waals surface area (Å²) in [4.78, 5) is 0. The number of nitrogens with one attached hydrogen (secondary N) is 1. The van der Waals surface area contributed by atoms with Crippen LogP contribution in [0.4, 0.5) is 0 Å². The average Bonchev–Trinajstić information content (AvgIpc) is 3.08. The quantitative estimate of drug-likeness (QED) is 0.658. The molecule has 2 aromatic rings. The van der Waals surface area contributed by atoms with Crippen LogP contribution in [0.15, 0.2) is 30.5 Å². The Bertz CT molecular complexity index is 613. The van der Waals surface area contributed by atoms with E-state index in [0.717, 1.165) is 11.4 Å². The second kappa shape index (κ2) is 4.14. The predicted molar refractivity (Wildman–Crippen MR) is 71.6 cm³/mol. The maximum absolute atomic E-state index is 7.37. The first kappa shape index (κ1) is 11.3. The molecule has 1 aromatic carbocycles. The van der Waals surface area contributed by atoms with Crippen LogP contribution in [0.2, 0.25) is 5.02 Å². The summed E-state index contributed by atoms with van der Waals surface area (Å²) < 4.78 is 1.78. The molecule has 0 spiro atoms. The number of rotatable bonds is 3. The van der Waals surface area contributed by atoms with Crippen molar-refractivity contribution >= 4 is 17.4 Å². The van der Waals surface area contributed by atoms with E-state index in [9.17, 15) is 0 Å². The van der Waals surface area contributed by atoms with Crippen LogP contribution >= 0.6 is 11.6 Å². The topological polar surface area (TPSA) is 67.7 Å². The number of nitrogens with two attached hydrogens (primary N) is 1. The molecule has 3 rings (SSSR count). The molecule has 0 radical (unpaired) electrons. The van der Waals surface area contributed by atoms with Crippen LogP contribution in [0.25, 0.3) is 5.69 Å². The smallest absolute Gasteiger partial charge is 0.122 e. The summed E-state index contributed by atoms with van der Waals surface area (Å²) in [5.41, 5.74) is 7.99. The molecule has 3 N–H and O–H groups in total. The van der Waals surface area contributed by atoms with E-state index < -0.39 is 0 Å². The van der Waals surface area contributed by atoms with Crippen molar-refractivity contribution in [1.29, 1.82) is 5.41 Å². The first-order valence-corrected chi connectivity index (χ1v) is 6.23. The van der Waals surface area contributed by atoms with Crippen molar-refractivity contribution in [3.63, 3.8) is 0 Å². The third kappa shape index (κ3) is 1.99. The molecule has 1 aliphatic carbocycles. The van der Waals surface area contributed by atoms with Crippen LogP contribution in [-0.2, 0) is 0 Å². The largest absolute Gasteiger partial charge is 0.384 e. The monoisotopic (exact) mass is 260 g/mol. The lowest BCUT2D eigenvalue weighted by atomic mass is 10.2. The molecule has 1 saturated carbocycles. The molecule has 0 amide bonds. The lowest BCUT2D eigenvalue weighted by Gasteiger charge is -2.06. The Hall–Kier alpha value is -1.81. The van der Waals surface area contributed by atoms with Crippen molar-refractivity contribution in [3.8, 4) is 5.69 Å². The first-order chi connectivity index (χ1) is 8.65. The van der Waals surface area contributed by atoms with Crippen molar-refractivity contribution in [1.82, 2.24) is 9.78 Å². The van der Waals surface area contributed by atoms with Crippen molar-refractivity contribution in [2.45, 2.75) is 18.8 Å². The zero-order valence-corrected chi connectivity index (χ0v) is 10.5. The van der Waals surface area contributed by atoms with Gasteiger partial charge in [0, 0.05) is 17.7 Å². The normalized spacial score (nSPS) is 14.7. The van der Waals surface area contributed by atoms with Gasteiger partial charge in [-0.25, -0.2) is 4.68 Å². The van der Waals surface area contributed by atoms with Gasteiger partial charge in [-0.05, 0) is 37.1 Å². The number of halogens is 1. The maximum atomic E-state index is 7.37. The van der Waals surface area contributed by atoms with E-state index in [1.807, 2.05) is 18.3 Å². The van der Waals surface area contributed by atoms with E-state index in [1.54, 1.807) is 16.8 Å². The fourth-order valence-corrected chi connectivity index (χ4v) is 2.20. The van der Waals surface area contributed by atoms with Crippen molar-refractivity contribution in [3.05, 3.63) is 46.7 Å². The van der Waals surface area contributed by atoms with Gasteiger partial charge in [-0.15, -0.1) is 0 Å². The molecule has 0 saturated heterocycles. The zero-order chi connectivity index (χ0) is 12.7. The molecule has 1 heterocycles. The molecule has 0 unspecified atom stereocenters. The fourth-order valence-electron chi connectivity index (χ4n) is 1.93. The van der Waals surface area contributed by atoms with Gasteiger partial charge in [-0.1, -0.05) is 11.6 Å². The van der Waals surface area contributed by atoms with Gasteiger partial charge in [0.2, 0.25) is 0 Å². The highest BCUT2D eigenvalue weighted by Crippen LogP contribution is 2.39. The van der Waals surface area contributed by atoms with Gasteiger partial charge in [-0.2, -0.15) is 5.10 Å². The summed E-state index contributed by atoms with van der Waals surface area (Å²) in [6.45, 7) is 0. The highest BCUT2D eigenvalue weighted by Gasteiger charge is 2.26. The Labute approximate surface area is 110 Å². The Morgan fingerprint density at radius 1 is 1.39 bits per heavy atom. The van der Waals surface area contributed by atoms with Gasteiger partial charge < -0.3 is 5.73 Å². The van der Waals surface area contributed by atoms with Crippen molar-refractivity contribution in [2.75, 3.05) is 0 Å². The molecule has 0 bridgehead atoms. The van der Waals surface area contributed by atoms with E-state index in [2.05, 4.69) is 5.10 Å². The Morgan fingerprint density at radius 2 is 2.17 bits per heavy atom. The second-order valence-electron chi connectivity index (χ2n) is 4.54. The van der Waals surface area contributed by atoms with Crippen molar-refractivity contribution in [2.24, 2.45) is 5.73 Å². The number of amidine groups is 1. The van der Waals surface area contributed by atoms with Gasteiger partial charge >= 0.3 is 0 Å². The molecule has 0 atom stereocenters. The summed E-state index contributed by atoms with van der Waals surface area (Å²) in [5, 5.41) is 12.4. The summed E-state index contributed by atoms with van der Waals surface area (Å²) in [6, 6.07) is 7.34. The van der Waals surface area contributed by atoms with Crippen LogP contribution in [0.1, 0.15) is 30.0 Å². The van der Waals surface area contributed by atoms with Crippen LogP contribution in [0.5, 0.6) is 0 Å². The highest BCUT2D eigenvalue weighted by atomic mass is 35.5. The summed E-state index contributed by atoms with van der Waals surface area (Å²) >= 11 is 6.20. The summed E-state index contributed by atoms with van der Waals surface area (Å²) in [7, 11) is 0. The summed E-state index contributed by atoms with van der Waals surface area (Å²) in [6.07, 6.45) is 4.38. The molecular weight excluding hydrogens is 248 g/mol. The molecule has 92 valence electrons. The van der Waals surface area contributed by atoms with Crippen LogP contribution in [-0.4, -0.2) is 15.6 Å². The lowest BCUT2D eigenvalue weighted by Crippen LogP contribution is -2.11. The number of benzene rings is 1. The molecule has 0 aliphatic heterocycles. The maximum Gasteiger partial charge on any atom is 0.122 e. The van der Waals surface area contributed by atoms with Gasteiger partial charge in [0.1, 0.15) is 5.84 Å². The van der Waals surface area contributed by atoms with E-state index >= 15 is 0 Å². The lowest BCUT2D eigenvalue weighted by molar-refractivity contribution is 0.837. The van der Waals surface area contributed by atoms with E-state index in [0.29, 0.717) is 16.5 Å². The van der Waals surface area contributed by atoms with Crippen LogP contribution in [0.3, 0.4) is 0 Å². The van der Waals surface area contributed by atoms with Crippen molar-refractivity contribution < 1.29 is 0 Å². The number of hydrogen-bond acceptors (Lipinski definition) is 2. The Morgan fingerprint density at radius 3 is 2.78 bits per heavy atom. The summed E-state index contributed by atoms with van der Waals surface area (Å²) in [5.74, 6) is 0.643. The number of aromatic nitrogens is 2. The number of hydrogen-bond donors (Lipinski definition) is 2. The third-order valence-corrected chi connectivity index (χ3v) is 3.41. The van der Waals surface area contributed by atoms with Gasteiger partial charge in [0.05, 0.1) is 16.4 Å². The first-order valence-electron chi connectivity index (χ1n) is 5.85. The van der Waals surface area contributed by atoms with E-state index in [4.69, 9.17) is 22.7 Å². The Kier molecular flexibility index (Phi) is 2.59. The fraction of sp³-hybridized carbons (Fsp3) is 0.231. The molecule has 1 aliphatic rings. The van der Waals surface area contributed by atoms with E-state index in [-0.39, 0.29) is 5.84 Å². The predicted octanol–water partition coefficient (Wildman–Crippen LogP) is 2.69. The second-order valence-corrected chi connectivity index (χ2v) is 4.95. The average molecular weight is 261 g/mol. The number of nitrogens with zero attached hydrogens (tertiary/aromatic N) is 2. The SMILES string of the molecule is N=C(N)c1ccc(-n2ccc(C3CC3)n2)c(Cl)c1. The molecule has 5 heteroatoms. The van der Waals surface area contributed by atoms with E-state index in [1.165, 1.54) is 12.8 Å². The minimum atomic E-state index is 0.0163.